The van der Waals surface area contributed by atoms with Crippen LogP contribution in [0.1, 0.15) is 36.9 Å². The van der Waals surface area contributed by atoms with Gasteiger partial charge in [0.2, 0.25) is 5.82 Å². The van der Waals surface area contributed by atoms with E-state index in [2.05, 4.69) is 19.8 Å². The molecule has 0 spiro atoms. The summed E-state index contributed by atoms with van der Waals surface area (Å²) in [5, 5.41) is 11.1. The van der Waals surface area contributed by atoms with Crippen LogP contribution in [0.2, 0.25) is 0 Å². The molecule has 0 aliphatic carbocycles. The van der Waals surface area contributed by atoms with Crippen LogP contribution in [0.3, 0.4) is 0 Å². The molecule has 2 aliphatic rings. The number of anilines is 1. The van der Waals surface area contributed by atoms with Crippen molar-refractivity contribution in [2.75, 3.05) is 24.6 Å². The van der Waals surface area contributed by atoms with Crippen molar-refractivity contribution in [1.29, 1.82) is 0 Å². The van der Waals surface area contributed by atoms with Crippen LogP contribution < -0.4 is 15.1 Å². The number of benzene rings is 1. The molecule has 1 fully saturated rings. The van der Waals surface area contributed by atoms with E-state index in [1.165, 1.54) is 12.3 Å². The van der Waals surface area contributed by atoms with Gasteiger partial charge in [-0.15, -0.1) is 0 Å². The lowest BCUT2D eigenvalue weighted by molar-refractivity contribution is -0.389. The maximum absolute atomic E-state index is 14.6. The Morgan fingerprint density at radius 1 is 1.20 bits per heavy atom. The minimum Gasteiger partial charge on any atom is -0.486 e. The molecule has 2 aliphatic heterocycles. The molecule has 0 bridgehead atoms. The minimum absolute atomic E-state index is 0.0323. The first-order valence-corrected chi connectivity index (χ1v) is 13.5. The third kappa shape index (κ3) is 5.10. The molecule has 3 aromatic heterocycles. The topological polar surface area (TPSA) is 107 Å². The largest absolute Gasteiger partial charge is 0.486 e. The van der Waals surface area contributed by atoms with Crippen molar-refractivity contribution in [1.82, 2.24) is 19.4 Å². The SMILES string of the molecule is CC1COc2c(F)c(F)cc3c(=O)c(CN(Cc4ccncc4)[C@H]4CCCN(c5ccc([N+](=O)[O-])nc5)C4)cn1c23. The molecule has 0 amide bonds. The second kappa shape index (κ2) is 10.8. The molecule has 0 N–H and O–H groups in total. The number of halogens is 2. The van der Waals surface area contributed by atoms with E-state index in [0.717, 1.165) is 36.7 Å². The van der Waals surface area contributed by atoms with Crippen molar-refractivity contribution in [3.63, 3.8) is 0 Å². The Kier molecular flexibility index (Phi) is 7.08. The summed E-state index contributed by atoms with van der Waals surface area (Å²) in [6, 6.07) is 7.78. The Morgan fingerprint density at radius 3 is 2.73 bits per heavy atom. The average Bonchev–Trinajstić information content (AvgIpc) is 2.99. The molecule has 2 atom stereocenters. The third-order valence-electron chi connectivity index (χ3n) is 7.89. The number of rotatable bonds is 7. The van der Waals surface area contributed by atoms with Gasteiger partial charge in [-0.05, 0) is 59.5 Å². The molecule has 1 aromatic carbocycles. The fourth-order valence-corrected chi connectivity index (χ4v) is 5.78. The molecule has 6 rings (SSSR count). The van der Waals surface area contributed by atoms with Crippen molar-refractivity contribution in [3.05, 3.63) is 98.2 Å². The second-order valence-corrected chi connectivity index (χ2v) is 10.6. The van der Waals surface area contributed by atoms with Gasteiger partial charge in [-0.25, -0.2) is 4.39 Å². The van der Waals surface area contributed by atoms with Crippen LogP contribution in [0.15, 0.2) is 59.9 Å². The highest BCUT2D eigenvalue weighted by molar-refractivity contribution is 5.86. The summed E-state index contributed by atoms with van der Waals surface area (Å²) in [4.78, 5) is 36.7. The minimum atomic E-state index is -1.11. The average molecular weight is 563 g/mol. The van der Waals surface area contributed by atoms with Crippen LogP contribution in [0.25, 0.3) is 10.9 Å². The van der Waals surface area contributed by atoms with Gasteiger partial charge in [0.25, 0.3) is 0 Å². The molecular weight excluding hydrogens is 534 g/mol. The summed E-state index contributed by atoms with van der Waals surface area (Å²) in [6.45, 7) is 4.29. The molecule has 0 saturated carbocycles. The number of nitrogens with zero attached hydrogens (tertiary/aromatic N) is 6. The van der Waals surface area contributed by atoms with E-state index in [0.29, 0.717) is 18.7 Å². The summed E-state index contributed by atoms with van der Waals surface area (Å²) in [5.74, 6) is -2.64. The predicted octanol–water partition coefficient (Wildman–Crippen LogP) is 4.60. The molecule has 1 saturated heterocycles. The summed E-state index contributed by atoms with van der Waals surface area (Å²) < 4.78 is 36.4. The van der Waals surface area contributed by atoms with E-state index in [9.17, 15) is 23.7 Å². The number of nitro groups is 1. The van der Waals surface area contributed by atoms with Gasteiger partial charge in [-0.2, -0.15) is 4.39 Å². The van der Waals surface area contributed by atoms with Crippen LogP contribution in [0, 0.1) is 21.7 Å². The number of piperidine rings is 1. The zero-order chi connectivity index (χ0) is 28.7. The first-order valence-electron chi connectivity index (χ1n) is 13.5. The molecule has 212 valence electrons. The van der Waals surface area contributed by atoms with E-state index >= 15 is 0 Å². The first-order chi connectivity index (χ1) is 19.8. The van der Waals surface area contributed by atoms with Crippen molar-refractivity contribution in [2.45, 2.75) is 44.9 Å². The zero-order valence-electron chi connectivity index (χ0n) is 22.4. The Labute approximate surface area is 234 Å². The lowest BCUT2D eigenvalue weighted by Crippen LogP contribution is -2.48. The smallest absolute Gasteiger partial charge is 0.363 e. The van der Waals surface area contributed by atoms with E-state index in [1.807, 2.05) is 23.6 Å². The number of aromatic nitrogens is 3. The predicted molar refractivity (Wildman–Crippen MR) is 148 cm³/mol. The highest BCUT2D eigenvalue weighted by Crippen LogP contribution is 2.35. The number of pyridine rings is 3. The summed E-state index contributed by atoms with van der Waals surface area (Å²) in [5.41, 5.74) is 2.20. The normalized spacial score (nSPS) is 18.5. The van der Waals surface area contributed by atoms with Crippen molar-refractivity contribution in [3.8, 4) is 5.75 Å². The molecule has 0 radical (unpaired) electrons. The van der Waals surface area contributed by atoms with Gasteiger partial charge >= 0.3 is 5.82 Å². The Hall–Kier alpha value is -4.45. The van der Waals surface area contributed by atoms with E-state index in [1.54, 1.807) is 24.7 Å². The van der Waals surface area contributed by atoms with Gasteiger partial charge in [0.05, 0.1) is 22.6 Å². The molecule has 12 heteroatoms. The Morgan fingerprint density at radius 2 is 2.00 bits per heavy atom. The fourth-order valence-electron chi connectivity index (χ4n) is 5.78. The van der Waals surface area contributed by atoms with Gasteiger partial charge in [0.1, 0.15) is 6.61 Å². The van der Waals surface area contributed by atoms with Gasteiger partial charge < -0.3 is 24.3 Å². The quantitative estimate of drug-likeness (QED) is 0.238. The Balaban J connectivity index is 1.36. The summed E-state index contributed by atoms with van der Waals surface area (Å²) in [7, 11) is 0. The van der Waals surface area contributed by atoms with Gasteiger partial charge in [0.15, 0.2) is 23.2 Å². The van der Waals surface area contributed by atoms with E-state index in [-0.39, 0.29) is 53.1 Å². The van der Waals surface area contributed by atoms with Gasteiger partial charge in [-0.3, -0.25) is 14.7 Å². The second-order valence-electron chi connectivity index (χ2n) is 10.6. The van der Waals surface area contributed by atoms with Crippen LogP contribution in [-0.4, -0.2) is 50.1 Å². The standard InChI is InChI=1S/C29H28F2N6O4/c1-18-17-41-29-26(31)24(30)11-23-27(29)36(18)15-20(28(23)38)14-35(13-19-6-8-32-9-7-19)22-3-2-10-34(16-22)21-4-5-25(33-12-21)37(39)40/h4-9,11-12,15,18,22H,2-3,10,13-14,16-17H2,1H3/t18?,22-/m0/s1. The maximum atomic E-state index is 14.6. The van der Waals surface area contributed by atoms with Crippen molar-refractivity contribution in [2.24, 2.45) is 0 Å². The third-order valence-corrected chi connectivity index (χ3v) is 7.89. The molecule has 1 unspecified atom stereocenters. The van der Waals surface area contributed by atoms with E-state index < -0.39 is 16.6 Å². The van der Waals surface area contributed by atoms with E-state index in [4.69, 9.17) is 4.74 Å². The van der Waals surface area contributed by atoms with Gasteiger partial charge in [-0.1, -0.05) is 0 Å². The monoisotopic (exact) mass is 562 g/mol. The summed E-state index contributed by atoms with van der Waals surface area (Å²) >= 11 is 0. The molecule has 10 nitrogen and oxygen atoms in total. The first kappa shape index (κ1) is 26.8. The van der Waals surface area contributed by atoms with Crippen LogP contribution in [-0.2, 0) is 13.1 Å². The van der Waals surface area contributed by atoms with Crippen LogP contribution >= 0.6 is 0 Å². The summed E-state index contributed by atoms with van der Waals surface area (Å²) in [6.07, 6.45) is 8.45. The fraction of sp³-hybridized carbons (Fsp3) is 0.345. The van der Waals surface area contributed by atoms with Crippen LogP contribution in [0.4, 0.5) is 20.3 Å². The maximum Gasteiger partial charge on any atom is 0.363 e. The molecule has 5 heterocycles. The van der Waals surface area contributed by atoms with Crippen molar-refractivity contribution < 1.29 is 18.4 Å². The number of hydrogen-bond acceptors (Lipinski definition) is 8. The molecular formula is C29H28F2N6O4. The highest BCUT2D eigenvalue weighted by Gasteiger charge is 2.30. The van der Waals surface area contributed by atoms with Crippen LogP contribution in [0.5, 0.6) is 5.75 Å². The number of ether oxygens (including phenoxy) is 1. The lowest BCUT2D eigenvalue weighted by Gasteiger charge is -2.40. The highest BCUT2D eigenvalue weighted by atomic mass is 19.2. The van der Waals surface area contributed by atoms with Crippen molar-refractivity contribution >= 4 is 22.4 Å². The Bertz CT molecular complexity index is 1660. The molecule has 4 aromatic rings. The molecule has 41 heavy (non-hydrogen) atoms. The lowest BCUT2D eigenvalue weighted by atomic mass is 10.0. The van der Waals surface area contributed by atoms with Gasteiger partial charge in [0, 0.05) is 62.4 Å². The zero-order valence-corrected chi connectivity index (χ0v) is 22.4. The number of hydrogen-bond donors (Lipinski definition) is 0.